The van der Waals surface area contributed by atoms with Gasteiger partial charge in [-0.3, -0.25) is 9.89 Å². The SMILES string of the molecule is CC(=O)Nc1cnc(Cl)c(-c2ccc3[nH]ncc3c2)c1. The number of amides is 1. The molecule has 5 nitrogen and oxygen atoms in total. The van der Waals surface area contributed by atoms with E-state index in [4.69, 9.17) is 11.6 Å². The van der Waals surface area contributed by atoms with Crippen molar-refractivity contribution in [1.29, 1.82) is 0 Å². The minimum atomic E-state index is -0.148. The number of carbonyl (C=O) groups is 1. The lowest BCUT2D eigenvalue weighted by molar-refractivity contribution is -0.114. The van der Waals surface area contributed by atoms with E-state index in [1.807, 2.05) is 18.2 Å². The summed E-state index contributed by atoms with van der Waals surface area (Å²) in [6.45, 7) is 1.45. The zero-order chi connectivity index (χ0) is 14.1. The highest BCUT2D eigenvalue weighted by Gasteiger charge is 2.08. The van der Waals surface area contributed by atoms with Gasteiger partial charge in [0.05, 0.1) is 23.6 Å². The molecule has 0 aliphatic carbocycles. The molecule has 3 rings (SSSR count). The maximum Gasteiger partial charge on any atom is 0.221 e. The summed E-state index contributed by atoms with van der Waals surface area (Å²) in [5, 5.41) is 11.0. The summed E-state index contributed by atoms with van der Waals surface area (Å²) in [5.74, 6) is -0.148. The Kier molecular flexibility index (Phi) is 3.12. The van der Waals surface area contributed by atoms with Gasteiger partial charge in [0, 0.05) is 17.9 Å². The number of benzene rings is 1. The van der Waals surface area contributed by atoms with Crippen LogP contribution in [0.2, 0.25) is 5.15 Å². The Morgan fingerprint density at radius 3 is 2.95 bits per heavy atom. The van der Waals surface area contributed by atoms with Crippen molar-refractivity contribution in [1.82, 2.24) is 15.2 Å². The van der Waals surface area contributed by atoms with Gasteiger partial charge in [-0.2, -0.15) is 5.10 Å². The molecular formula is C14H11ClN4O. The fourth-order valence-corrected chi connectivity index (χ4v) is 2.24. The summed E-state index contributed by atoms with van der Waals surface area (Å²) in [6.07, 6.45) is 3.28. The first-order valence-corrected chi connectivity index (χ1v) is 6.38. The number of halogens is 1. The number of anilines is 1. The lowest BCUT2D eigenvalue weighted by Crippen LogP contribution is -2.06. The van der Waals surface area contributed by atoms with E-state index in [0.717, 1.165) is 22.0 Å². The second-order valence-electron chi connectivity index (χ2n) is 4.42. The molecule has 0 saturated heterocycles. The standard InChI is InChI=1S/C14H11ClN4O/c1-8(20)18-11-5-12(14(15)16-7-11)9-2-3-13-10(4-9)6-17-19-13/h2-7H,1H3,(H,17,19)(H,18,20). The summed E-state index contributed by atoms with van der Waals surface area (Å²) in [4.78, 5) is 15.2. The summed E-state index contributed by atoms with van der Waals surface area (Å²) in [7, 11) is 0. The van der Waals surface area contributed by atoms with E-state index < -0.39 is 0 Å². The molecule has 0 aliphatic rings. The average molecular weight is 287 g/mol. The molecule has 0 atom stereocenters. The van der Waals surface area contributed by atoms with Crippen LogP contribution in [0.4, 0.5) is 5.69 Å². The summed E-state index contributed by atoms with van der Waals surface area (Å²) >= 11 is 6.15. The Bertz CT molecular complexity index is 797. The van der Waals surface area contributed by atoms with Gasteiger partial charge in [0.1, 0.15) is 5.15 Å². The molecule has 20 heavy (non-hydrogen) atoms. The maximum atomic E-state index is 11.1. The quantitative estimate of drug-likeness (QED) is 0.711. The Balaban J connectivity index is 2.09. The molecule has 6 heteroatoms. The molecule has 0 aliphatic heterocycles. The van der Waals surface area contributed by atoms with Crippen LogP contribution in [-0.2, 0) is 4.79 Å². The lowest BCUT2D eigenvalue weighted by Gasteiger charge is -2.07. The van der Waals surface area contributed by atoms with Crippen molar-refractivity contribution in [3.8, 4) is 11.1 Å². The second kappa shape index (κ2) is 4.94. The minimum Gasteiger partial charge on any atom is -0.325 e. The number of pyridine rings is 1. The van der Waals surface area contributed by atoms with Gasteiger partial charge < -0.3 is 5.32 Å². The van der Waals surface area contributed by atoms with Crippen molar-refractivity contribution in [3.63, 3.8) is 0 Å². The number of H-pyrrole nitrogens is 1. The number of aromatic nitrogens is 3. The van der Waals surface area contributed by atoms with E-state index in [2.05, 4.69) is 20.5 Å². The Morgan fingerprint density at radius 2 is 2.15 bits per heavy atom. The second-order valence-corrected chi connectivity index (χ2v) is 4.77. The van der Waals surface area contributed by atoms with Crippen molar-refractivity contribution in [3.05, 3.63) is 41.8 Å². The molecule has 0 saturated carbocycles. The van der Waals surface area contributed by atoms with Gasteiger partial charge in [0.15, 0.2) is 0 Å². The number of hydrogen-bond donors (Lipinski definition) is 2. The van der Waals surface area contributed by atoms with Crippen molar-refractivity contribution in [2.45, 2.75) is 6.92 Å². The fraction of sp³-hybridized carbons (Fsp3) is 0.0714. The van der Waals surface area contributed by atoms with E-state index in [9.17, 15) is 4.79 Å². The van der Waals surface area contributed by atoms with Gasteiger partial charge in [-0.1, -0.05) is 17.7 Å². The molecule has 2 aromatic heterocycles. The van der Waals surface area contributed by atoms with E-state index in [0.29, 0.717) is 10.8 Å². The van der Waals surface area contributed by atoms with Crippen LogP contribution in [0, 0.1) is 0 Å². The summed E-state index contributed by atoms with van der Waals surface area (Å²) in [6, 6.07) is 7.64. The molecular weight excluding hydrogens is 276 g/mol. The van der Waals surface area contributed by atoms with Gasteiger partial charge in [-0.15, -0.1) is 0 Å². The molecule has 100 valence electrons. The van der Waals surface area contributed by atoms with Gasteiger partial charge in [0.2, 0.25) is 5.91 Å². The largest absolute Gasteiger partial charge is 0.325 e. The van der Waals surface area contributed by atoms with Crippen molar-refractivity contribution in [2.24, 2.45) is 0 Å². The van der Waals surface area contributed by atoms with Crippen LogP contribution in [0.1, 0.15) is 6.92 Å². The molecule has 0 radical (unpaired) electrons. The Morgan fingerprint density at radius 1 is 1.30 bits per heavy atom. The zero-order valence-electron chi connectivity index (χ0n) is 10.6. The minimum absolute atomic E-state index is 0.148. The van der Waals surface area contributed by atoms with E-state index in [1.54, 1.807) is 12.3 Å². The molecule has 0 fully saturated rings. The fourth-order valence-electron chi connectivity index (χ4n) is 2.03. The first-order chi connectivity index (χ1) is 9.63. The summed E-state index contributed by atoms with van der Waals surface area (Å²) in [5.41, 5.74) is 3.25. The van der Waals surface area contributed by atoms with Crippen LogP contribution in [-0.4, -0.2) is 21.1 Å². The topological polar surface area (TPSA) is 70.7 Å². The third-order valence-corrected chi connectivity index (χ3v) is 3.21. The molecule has 3 aromatic rings. The number of fused-ring (bicyclic) bond motifs is 1. The van der Waals surface area contributed by atoms with Gasteiger partial charge in [-0.25, -0.2) is 4.98 Å². The molecule has 1 amide bonds. The molecule has 0 unspecified atom stereocenters. The molecule has 0 spiro atoms. The van der Waals surface area contributed by atoms with E-state index in [-0.39, 0.29) is 5.91 Å². The average Bonchev–Trinajstić information content (AvgIpc) is 2.87. The predicted octanol–water partition coefficient (Wildman–Crippen LogP) is 3.24. The highest BCUT2D eigenvalue weighted by atomic mass is 35.5. The van der Waals surface area contributed by atoms with Crippen LogP contribution in [0.5, 0.6) is 0 Å². The number of nitrogens with zero attached hydrogens (tertiary/aromatic N) is 2. The molecule has 0 bridgehead atoms. The molecule has 1 aromatic carbocycles. The number of hydrogen-bond acceptors (Lipinski definition) is 3. The van der Waals surface area contributed by atoms with Crippen LogP contribution in [0.15, 0.2) is 36.7 Å². The highest BCUT2D eigenvalue weighted by molar-refractivity contribution is 6.32. The first kappa shape index (κ1) is 12.6. The third-order valence-electron chi connectivity index (χ3n) is 2.91. The van der Waals surface area contributed by atoms with Crippen LogP contribution in [0.25, 0.3) is 22.0 Å². The maximum absolute atomic E-state index is 11.1. The monoisotopic (exact) mass is 286 g/mol. The molecule has 2 heterocycles. The van der Waals surface area contributed by atoms with Gasteiger partial charge in [0.25, 0.3) is 0 Å². The van der Waals surface area contributed by atoms with Gasteiger partial charge >= 0.3 is 0 Å². The van der Waals surface area contributed by atoms with Crippen LogP contribution in [0.3, 0.4) is 0 Å². The number of aromatic amines is 1. The van der Waals surface area contributed by atoms with E-state index in [1.165, 1.54) is 13.1 Å². The van der Waals surface area contributed by atoms with Crippen LogP contribution >= 0.6 is 11.6 Å². The van der Waals surface area contributed by atoms with Crippen molar-refractivity contribution < 1.29 is 4.79 Å². The zero-order valence-corrected chi connectivity index (χ0v) is 11.4. The summed E-state index contributed by atoms with van der Waals surface area (Å²) < 4.78 is 0. The smallest absolute Gasteiger partial charge is 0.221 e. The third kappa shape index (κ3) is 2.35. The van der Waals surface area contributed by atoms with Crippen molar-refractivity contribution >= 4 is 34.1 Å². The van der Waals surface area contributed by atoms with Gasteiger partial charge in [-0.05, 0) is 23.8 Å². The number of carbonyl (C=O) groups excluding carboxylic acids is 1. The lowest BCUT2D eigenvalue weighted by atomic mass is 10.1. The first-order valence-electron chi connectivity index (χ1n) is 6.00. The molecule has 2 N–H and O–H groups in total. The van der Waals surface area contributed by atoms with E-state index >= 15 is 0 Å². The van der Waals surface area contributed by atoms with Crippen LogP contribution < -0.4 is 5.32 Å². The number of rotatable bonds is 2. The number of nitrogens with one attached hydrogen (secondary N) is 2. The Labute approximate surface area is 120 Å². The Hall–Kier alpha value is -2.40. The van der Waals surface area contributed by atoms with Crippen molar-refractivity contribution in [2.75, 3.05) is 5.32 Å². The highest BCUT2D eigenvalue weighted by Crippen LogP contribution is 2.30. The predicted molar refractivity (Wildman–Crippen MR) is 78.6 cm³/mol. The normalized spacial score (nSPS) is 10.7.